The van der Waals surface area contributed by atoms with Gasteiger partial charge in [-0.25, -0.2) is 0 Å². The van der Waals surface area contributed by atoms with Crippen LogP contribution in [0.15, 0.2) is 36.0 Å². The van der Waals surface area contributed by atoms with Gasteiger partial charge in [0, 0.05) is 11.5 Å². The minimum Gasteiger partial charge on any atom is -0.348 e. The number of ketones is 1. The number of carbonyl (C=O) groups excluding carboxylic acids is 2. The first-order valence-electron chi connectivity index (χ1n) is 7.82. The molecule has 0 aromatic rings. The van der Waals surface area contributed by atoms with E-state index in [0.29, 0.717) is 5.57 Å². The fourth-order valence-corrected chi connectivity index (χ4v) is 3.10. The molecule has 1 amide bonds. The minimum absolute atomic E-state index is 0.0266. The van der Waals surface area contributed by atoms with Crippen LogP contribution < -0.4 is 5.32 Å². The molecule has 2 aliphatic carbocycles. The SMILES string of the molecule is CC1(C)CCC[C@H](C(=O)NCC(=O)C2=CC=CCC=C2)C1. The van der Waals surface area contributed by atoms with Crippen molar-refractivity contribution in [2.24, 2.45) is 11.3 Å². The van der Waals surface area contributed by atoms with Crippen LogP contribution in [-0.2, 0) is 9.59 Å². The van der Waals surface area contributed by atoms with Gasteiger partial charge < -0.3 is 5.32 Å². The summed E-state index contributed by atoms with van der Waals surface area (Å²) < 4.78 is 0. The largest absolute Gasteiger partial charge is 0.348 e. The van der Waals surface area contributed by atoms with Gasteiger partial charge in [0.2, 0.25) is 5.91 Å². The Morgan fingerprint density at radius 3 is 2.90 bits per heavy atom. The third-order valence-electron chi connectivity index (χ3n) is 4.30. The number of amides is 1. The lowest BCUT2D eigenvalue weighted by Gasteiger charge is -2.34. The summed E-state index contributed by atoms with van der Waals surface area (Å²) in [4.78, 5) is 24.3. The summed E-state index contributed by atoms with van der Waals surface area (Å²) in [7, 11) is 0. The van der Waals surface area contributed by atoms with Crippen molar-refractivity contribution in [2.45, 2.75) is 46.0 Å². The molecule has 0 unspecified atom stereocenters. The van der Waals surface area contributed by atoms with Crippen molar-refractivity contribution in [3.8, 4) is 0 Å². The first-order chi connectivity index (χ1) is 9.98. The fourth-order valence-electron chi connectivity index (χ4n) is 3.10. The molecule has 0 aromatic carbocycles. The van der Waals surface area contributed by atoms with E-state index >= 15 is 0 Å². The Kier molecular flexibility index (Phi) is 5.16. The van der Waals surface area contributed by atoms with Gasteiger partial charge in [-0.1, -0.05) is 50.6 Å². The Labute approximate surface area is 127 Å². The molecule has 3 heteroatoms. The summed E-state index contributed by atoms with van der Waals surface area (Å²) in [5.41, 5.74) is 0.898. The Hall–Kier alpha value is -1.64. The maximum absolute atomic E-state index is 12.2. The molecule has 0 heterocycles. The Bertz CT molecular complexity index is 497. The maximum Gasteiger partial charge on any atom is 0.223 e. The second-order valence-corrected chi connectivity index (χ2v) is 6.79. The molecule has 21 heavy (non-hydrogen) atoms. The number of hydrogen-bond acceptors (Lipinski definition) is 2. The zero-order valence-electron chi connectivity index (χ0n) is 13.0. The highest BCUT2D eigenvalue weighted by atomic mass is 16.2. The second kappa shape index (κ2) is 6.88. The third-order valence-corrected chi connectivity index (χ3v) is 4.30. The van der Waals surface area contributed by atoms with Crippen molar-refractivity contribution in [1.82, 2.24) is 5.32 Å². The fraction of sp³-hybridized carbons (Fsp3) is 0.556. The zero-order chi connectivity index (χ0) is 15.3. The van der Waals surface area contributed by atoms with E-state index in [1.165, 1.54) is 6.42 Å². The molecular formula is C18H25NO2. The quantitative estimate of drug-likeness (QED) is 0.862. The van der Waals surface area contributed by atoms with Gasteiger partial charge in [0.25, 0.3) is 0 Å². The molecule has 0 saturated heterocycles. The van der Waals surface area contributed by atoms with Crippen LogP contribution in [-0.4, -0.2) is 18.2 Å². The number of Topliss-reactive ketones (excluding diaryl/α,β-unsaturated/α-hetero) is 1. The van der Waals surface area contributed by atoms with Crippen LogP contribution in [0.4, 0.5) is 0 Å². The lowest BCUT2D eigenvalue weighted by atomic mass is 9.72. The predicted octanol–water partition coefficient (Wildman–Crippen LogP) is 3.33. The Morgan fingerprint density at radius 2 is 2.14 bits per heavy atom. The highest BCUT2D eigenvalue weighted by molar-refractivity contribution is 6.01. The molecule has 2 rings (SSSR count). The molecule has 0 spiro atoms. The van der Waals surface area contributed by atoms with Crippen molar-refractivity contribution in [1.29, 1.82) is 0 Å². The van der Waals surface area contributed by atoms with E-state index in [2.05, 4.69) is 19.2 Å². The first-order valence-corrected chi connectivity index (χ1v) is 7.82. The van der Waals surface area contributed by atoms with Crippen LogP contribution in [0.25, 0.3) is 0 Å². The van der Waals surface area contributed by atoms with Crippen LogP contribution in [0, 0.1) is 11.3 Å². The highest BCUT2D eigenvalue weighted by Crippen LogP contribution is 2.38. The van der Waals surface area contributed by atoms with Gasteiger partial charge in [-0.15, -0.1) is 0 Å². The van der Waals surface area contributed by atoms with Crippen LogP contribution in [0.2, 0.25) is 0 Å². The molecule has 0 aromatic heterocycles. The maximum atomic E-state index is 12.2. The summed E-state index contributed by atoms with van der Waals surface area (Å²) >= 11 is 0. The lowest BCUT2D eigenvalue weighted by molar-refractivity contribution is -0.129. The molecule has 1 N–H and O–H groups in total. The van der Waals surface area contributed by atoms with Crippen molar-refractivity contribution in [3.05, 3.63) is 36.0 Å². The Morgan fingerprint density at radius 1 is 1.33 bits per heavy atom. The first kappa shape index (κ1) is 15.7. The molecule has 0 radical (unpaired) electrons. The van der Waals surface area contributed by atoms with Gasteiger partial charge in [0.15, 0.2) is 5.78 Å². The van der Waals surface area contributed by atoms with Crippen LogP contribution in [0.1, 0.15) is 46.0 Å². The van der Waals surface area contributed by atoms with Gasteiger partial charge in [0.1, 0.15) is 0 Å². The summed E-state index contributed by atoms with van der Waals surface area (Å²) in [6.07, 6.45) is 14.5. The average molecular weight is 287 g/mol. The molecule has 1 saturated carbocycles. The summed E-state index contributed by atoms with van der Waals surface area (Å²) in [6.45, 7) is 4.52. The van der Waals surface area contributed by atoms with Gasteiger partial charge in [-0.2, -0.15) is 0 Å². The van der Waals surface area contributed by atoms with Crippen molar-refractivity contribution >= 4 is 11.7 Å². The van der Waals surface area contributed by atoms with Crippen LogP contribution in [0.5, 0.6) is 0 Å². The van der Waals surface area contributed by atoms with Crippen molar-refractivity contribution in [2.75, 3.05) is 6.54 Å². The van der Waals surface area contributed by atoms with Gasteiger partial charge >= 0.3 is 0 Å². The van der Waals surface area contributed by atoms with E-state index in [1.807, 2.05) is 30.4 Å². The standard InChI is InChI=1S/C18H25NO2/c1-18(2)11-7-10-15(12-18)17(21)19-13-16(20)14-8-5-3-4-6-9-14/h3,5-6,8-9,15H,4,7,10-13H2,1-2H3,(H,19,21)/t15-/m0/s1. The van der Waals surface area contributed by atoms with Crippen molar-refractivity contribution < 1.29 is 9.59 Å². The van der Waals surface area contributed by atoms with E-state index < -0.39 is 0 Å². The predicted molar refractivity (Wildman–Crippen MR) is 84.7 cm³/mol. The Balaban J connectivity index is 1.85. The monoisotopic (exact) mass is 287 g/mol. The zero-order valence-corrected chi connectivity index (χ0v) is 13.0. The number of carbonyl (C=O) groups is 2. The smallest absolute Gasteiger partial charge is 0.223 e. The second-order valence-electron chi connectivity index (χ2n) is 6.79. The summed E-state index contributed by atoms with van der Waals surface area (Å²) in [5, 5.41) is 2.82. The van der Waals surface area contributed by atoms with Gasteiger partial charge in [-0.05, 0) is 31.1 Å². The molecule has 2 aliphatic rings. The molecule has 1 atom stereocenters. The minimum atomic E-state index is -0.0266. The van der Waals surface area contributed by atoms with E-state index in [0.717, 1.165) is 25.7 Å². The highest BCUT2D eigenvalue weighted by Gasteiger charge is 2.31. The molecule has 0 aliphatic heterocycles. The molecular weight excluding hydrogens is 262 g/mol. The van der Waals surface area contributed by atoms with Gasteiger partial charge in [0.05, 0.1) is 6.54 Å². The van der Waals surface area contributed by atoms with E-state index in [1.54, 1.807) is 0 Å². The normalized spacial score (nSPS) is 24.1. The number of allylic oxidation sites excluding steroid dienone is 5. The summed E-state index contributed by atoms with van der Waals surface area (Å²) in [6, 6.07) is 0. The average Bonchev–Trinajstić information content (AvgIpc) is 2.72. The van der Waals surface area contributed by atoms with E-state index in [-0.39, 0.29) is 29.6 Å². The van der Waals surface area contributed by atoms with E-state index in [9.17, 15) is 9.59 Å². The van der Waals surface area contributed by atoms with Crippen LogP contribution in [0.3, 0.4) is 0 Å². The number of rotatable bonds is 4. The molecule has 0 bridgehead atoms. The third kappa shape index (κ3) is 4.69. The van der Waals surface area contributed by atoms with Crippen molar-refractivity contribution in [3.63, 3.8) is 0 Å². The van der Waals surface area contributed by atoms with Crippen LogP contribution >= 0.6 is 0 Å². The molecule has 3 nitrogen and oxygen atoms in total. The molecule has 114 valence electrons. The molecule has 1 fully saturated rings. The lowest BCUT2D eigenvalue weighted by Crippen LogP contribution is -2.38. The van der Waals surface area contributed by atoms with E-state index in [4.69, 9.17) is 0 Å². The topological polar surface area (TPSA) is 46.2 Å². The number of nitrogens with one attached hydrogen (secondary N) is 1. The number of hydrogen-bond donors (Lipinski definition) is 1. The summed E-state index contributed by atoms with van der Waals surface area (Å²) in [5.74, 6) is 0.0613. The van der Waals surface area contributed by atoms with Gasteiger partial charge in [-0.3, -0.25) is 9.59 Å².